The summed E-state index contributed by atoms with van der Waals surface area (Å²) in [6.07, 6.45) is 0. The number of fused-ring (bicyclic) bond motifs is 1. The smallest absolute Gasteiger partial charge is 1.00 e. The number of hydrogen-bond acceptors (Lipinski definition) is 2. The van der Waals surface area contributed by atoms with E-state index >= 15 is 0 Å². The van der Waals surface area contributed by atoms with E-state index in [0.29, 0.717) is 9.90 Å². The minimum absolute atomic E-state index is 0. The largest absolute Gasteiger partial charge is 1.00 e. The molecule has 0 bridgehead atoms. The Bertz CT molecular complexity index is 486. The molecule has 0 aliphatic rings. The first-order valence-electron chi connectivity index (χ1n) is 3.60. The Morgan fingerprint density at radius 3 is 2.79 bits per heavy atom. The van der Waals surface area contributed by atoms with Crippen LogP contribution in [0.15, 0.2) is 24.3 Å². The van der Waals surface area contributed by atoms with E-state index in [4.69, 9.17) is 16.7 Å². The third kappa shape index (κ3) is 1.96. The van der Waals surface area contributed by atoms with Crippen LogP contribution < -0.4 is 18.9 Å². The van der Waals surface area contributed by atoms with Crippen LogP contribution in [0.2, 0.25) is 5.02 Å². The van der Waals surface area contributed by atoms with Gasteiger partial charge in [0.1, 0.15) is 4.88 Å². The molecule has 1 heterocycles. The molecule has 0 spiro atoms. The van der Waals surface area contributed by atoms with E-state index in [1.165, 1.54) is 11.3 Å². The number of carboxylic acids is 1. The van der Waals surface area contributed by atoms with Crippen molar-refractivity contribution >= 4 is 39.0 Å². The van der Waals surface area contributed by atoms with E-state index < -0.39 is 5.97 Å². The summed E-state index contributed by atoms with van der Waals surface area (Å²) >= 11 is 7.09. The Balaban J connectivity index is 0.000000980. The van der Waals surface area contributed by atoms with Crippen molar-refractivity contribution < 1.29 is 30.2 Å². The molecule has 0 radical (unpaired) electrons. The zero-order valence-electron chi connectivity index (χ0n) is 8.45. The average molecular weight is 221 g/mol. The number of carboxylic acid groups (broad SMARTS) is 1. The van der Waals surface area contributed by atoms with Crippen LogP contribution in [0, 0.1) is 0 Å². The van der Waals surface area contributed by atoms with Crippen LogP contribution in [0.3, 0.4) is 0 Å². The van der Waals surface area contributed by atoms with Gasteiger partial charge in [-0.2, -0.15) is 0 Å². The fraction of sp³-hybridized carbons (Fsp3) is 0. The van der Waals surface area contributed by atoms with Gasteiger partial charge in [-0.3, -0.25) is 0 Å². The molecule has 14 heavy (non-hydrogen) atoms. The standard InChI is InChI=1S/C9H5ClO2S.Li.H/c10-6-3-1-2-5-4-7(9(11)12)13-8(5)6;;/h1-4H,(H,11,12);;/q;+1;-1. The summed E-state index contributed by atoms with van der Waals surface area (Å²) in [5, 5.41) is 10.2. The summed E-state index contributed by atoms with van der Waals surface area (Å²) in [4.78, 5) is 11.0. The molecule has 0 fully saturated rings. The molecule has 0 saturated heterocycles. The second-order valence-corrected chi connectivity index (χ2v) is 4.03. The van der Waals surface area contributed by atoms with Crippen molar-refractivity contribution in [2.45, 2.75) is 0 Å². The zero-order chi connectivity index (χ0) is 9.42. The Morgan fingerprint density at radius 2 is 2.21 bits per heavy atom. The van der Waals surface area contributed by atoms with Crippen LogP contribution in [0.1, 0.15) is 11.1 Å². The quantitative estimate of drug-likeness (QED) is 0.705. The van der Waals surface area contributed by atoms with E-state index in [0.717, 1.165) is 10.1 Å². The summed E-state index contributed by atoms with van der Waals surface area (Å²) in [7, 11) is 0. The summed E-state index contributed by atoms with van der Waals surface area (Å²) < 4.78 is 0.835. The fourth-order valence-electron chi connectivity index (χ4n) is 1.13. The average Bonchev–Trinajstić information content (AvgIpc) is 2.49. The fourth-order valence-corrected chi connectivity index (χ4v) is 2.33. The first kappa shape index (κ1) is 11.6. The molecule has 0 atom stereocenters. The molecular formula is C9H6ClLiO2S. The van der Waals surface area contributed by atoms with E-state index in [1.54, 1.807) is 12.1 Å². The van der Waals surface area contributed by atoms with Gasteiger partial charge in [-0.25, -0.2) is 4.79 Å². The van der Waals surface area contributed by atoms with Gasteiger partial charge >= 0.3 is 24.8 Å². The van der Waals surface area contributed by atoms with Gasteiger partial charge in [-0.15, -0.1) is 11.3 Å². The van der Waals surface area contributed by atoms with Gasteiger partial charge in [-0.05, 0) is 17.5 Å². The third-order valence-corrected chi connectivity index (χ3v) is 3.31. The number of thiophene rings is 1. The molecule has 2 aromatic rings. The molecule has 0 saturated carbocycles. The van der Waals surface area contributed by atoms with Crippen molar-refractivity contribution in [1.82, 2.24) is 0 Å². The zero-order valence-corrected chi connectivity index (χ0v) is 9.02. The number of rotatable bonds is 1. The van der Waals surface area contributed by atoms with E-state index in [-0.39, 0.29) is 20.3 Å². The number of hydrogen-bond donors (Lipinski definition) is 1. The van der Waals surface area contributed by atoms with Gasteiger partial charge in [0.05, 0.1) is 9.72 Å². The van der Waals surface area contributed by atoms with E-state index in [1.807, 2.05) is 12.1 Å². The molecule has 5 heteroatoms. The predicted octanol–water partition coefficient (Wildman–Crippen LogP) is 0.369. The third-order valence-electron chi connectivity index (χ3n) is 1.71. The minimum Gasteiger partial charge on any atom is -1.00 e. The van der Waals surface area contributed by atoms with Crippen molar-refractivity contribution in [3.63, 3.8) is 0 Å². The monoisotopic (exact) mass is 220 g/mol. The molecule has 0 aliphatic heterocycles. The van der Waals surface area contributed by atoms with Crippen molar-refractivity contribution in [2.24, 2.45) is 0 Å². The van der Waals surface area contributed by atoms with Gasteiger partial charge in [0.2, 0.25) is 0 Å². The van der Waals surface area contributed by atoms with Crippen LogP contribution in [-0.4, -0.2) is 11.1 Å². The summed E-state index contributed by atoms with van der Waals surface area (Å²) in [6, 6.07) is 7.05. The van der Waals surface area contributed by atoms with Gasteiger partial charge in [0, 0.05) is 0 Å². The van der Waals surface area contributed by atoms with Crippen LogP contribution >= 0.6 is 22.9 Å². The molecule has 1 N–H and O–H groups in total. The van der Waals surface area contributed by atoms with Gasteiger partial charge in [0.15, 0.2) is 0 Å². The molecule has 0 aliphatic carbocycles. The van der Waals surface area contributed by atoms with Gasteiger partial charge < -0.3 is 6.53 Å². The summed E-state index contributed by atoms with van der Waals surface area (Å²) in [6.45, 7) is 0. The molecule has 2 rings (SSSR count). The van der Waals surface area contributed by atoms with Crippen LogP contribution in [-0.2, 0) is 0 Å². The molecule has 1 aromatic heterocycles. The molecule has 1 aromatic carbocycles. The normalized spacial score (nSPS) is 9.79. The number of halogens is 1. The Labute approximate surface area is 103 Å². The van der Waals surface area contributed by atoms with E-state index in [9.17, 15) is 4.79 Å². The van der Waals surface area contributed by atoms with Crippen molar-refractivity contribution in [3.8, 4) is 0 Å². The Morgan fingerprint density at radius 1 is 1.50 bits per heavy atom. The Kier molecular flexibility index (Phi) is 3.63. The van der Waals surface area contributed by atoms with Crippen LogP contribution in [0.25, 0.3) is 10.1 Å². The van der Waals surface area contributed by atoms with Gasteiger partial charge in [0.25, 0.3) is 0 Å². The van der Waals surface area contributed by atoms with Crippen molar-refractivity contribution in [1.29, 1.82) is 0 Å². The first-order chi connectivity index (χ1) is 6.18. The van der Waals surface area contributed by atoms with Crippen molar-refractivity contribution in [2.75, 3.05) is 0 Å². The Hall–Kier alpha value is -0.463. The molecule has 0 unspecified atom stereocenters. The first-order valence-corrected chi connectivity index (χ1v) is 4.79. The van der Waals surface area contributed by atoms with Crippen LogP contribution in [0.4, 0.5) is 0 Å². The molecular weight excluding hydrogens is 215 g/mol. The van der Waals surface area contributed by atoms with Gasteiger partial charge in [-0.1, -0.05) is 23.7 Å². The number of benzene rings is 1. The second kappa shape index (κ2) is 4.37. The number of carbonyl (C=O) groups is 1. The maximum absolute atomic E-state index is 10.6. The molecule has 2 nitrogen and oxygen atoms in total. The maximum Gasteiger partial charge on any atom is 1.00 e. The van der Waals surface area contributed by atoms with Crippen LogP contribution in [0.5, 0.6) is 0 Å². The maximum atomic E-state index is 10.6. The van der Waals surface area contributed by atoms with Crippen molar-refractivity contribution in [3.05, 3.63) is 34.2 Å². The van der Waals surface area contributed by atoms with E-state index in [2.05, 4.69) is 0 Å². The summed E-state index contributed by atoms with van der Waals surface area (Å²) in [5.41, 5.74) is 0. The second-order valence-electron chi connectivity index (χ2n) is 2.57. The molecule has 68 valence electrons. The minimum atomic E-state index is -0.905. The SMILES string of the molecule is O=C(O)c1cc2cccc(Cl)c2s1.[H-].[Li+]. The topological polar surface area (TPSA) is 37.3 Å². The summed E-state index contributed by atoms with van der Waals surface area (Å²) in [5.74, 6) is -0.905. The number of aromatic carboxylic acids is 1. The molecule has 0 amide bonds. The predicted molar refractivity (Wildman–Crippen MR) is 54.9 cm³/mol.